The van der Waals surface area contributed by atoms with E-state index >= 15 is 0 Å². The third-order valence-corrected chi connectivity index (χ3v) is 5.79. The van der Waals surface area contributed by atoms with E-state index in [0.717, 1.165) is 10.4 Å². The molecular weight excluding hydrogens is 296 g/mol. The molecule has 4 N–H and O–H groups in total. The summed E-state index contributed by atoms with van der Waals surface area (Å²) in [5, 5.41) is 19.5. The average molecular weight is 310 g/mol. The lowest BCUT2D eigenvalue weighted by atomic mass is 10.5. The molecular formula is C8H14N4O5S2. The number of nitrogens with one attached hydrogen (secondary N) is 1. The number of likely N-dealkylation sites (N-methyl/N-ethyl adjacent to an activating group) is 1. The molecule has 0 amide bonds. The molecule has 0 radical (unpaired) electrons. The first-order valence-electron chi connectivity index (χ1n) is 5.24. The first-order chi connectivity index (χ1) is 8.88. The molecule has 19 heavy (non-hydrogen) atoms. The zero-order valence-corrected chi connectivity index (χ0v) is 11.7. The zero-order chi connectivity index (χ0) is 14.6. The van der Waals surface area contributed by atoms with Crippen LogP contribution in [-0.2, 0) is 10.0 Å². The van der Waals surface area contributed by atoms with E-state index in [4.69, 9.17) is 10.9 Å². The summed E-state index contributed by atoms with van der Waals surface area (Å²) in [7, 11) is -3.87. The number of hydrogen-bond donors (Lipinski definition) is 3. The molecule has 0 aliphatic carbocycles. The maximum absolute atomic E-state index is 12.2. The van der Waals surface area contributed by atoms with E-state index in [1.54, 1.807) is 6.92 Å². The van der Waals surface area contributed by atoms with E-state index in [9.17, 15) is 18.5 Å². The van der Waals surface area contributed by atoms with E-state index in [2.05, 4.69) is 5.43 Å². The summed E-state index contributed by atoms with van der Waals surface area (Å²) >= 11 is 0.675. The fourth-order valence-electron chi connectivity index (χ4n) is 1.41. The van der Waals surface area contributed by atoms with Crippen molar-refractivity contribution in [3.8, 4) is 0 Å². The van der Waals surface area contributed by atoms with Crippen LogP contribution in [0.3, 0.4) is 0 Å². The molecule has 1 rings (SSSR count). The zero-order valence-electron chi connectivity index (χ0n) is 10.1. The molecule has 0 spiro atoms. The van der Waals surface area contributed by atoms with Crippen molar-refractivity contribution < 1.29 is 18.4 Å². The molecule has 0 aliphatic rings. The summed E-state index contributed by atoms with van der Waals surface area (Å²) in [6, 6.07) is 0.954. The van der Waals surface area contributed by atoms with Gasteiger partial charge in [0.25, 0.3) is 10.0 Å². The standard InChI is InChI=1S/C8H14N4O5S2/c1-2-11(3-4-13)19(16,17)7-5-6(12(14)15)8(10-9)18-7/h5,10,13H,2-4,9H2,1H3. The maximum atomic E-state index is 12.2. The highest BCUT2D eigenvalue weighted by molar-refractivity contribution is 7.91. The molecule has 0 saturated heterocycles. The summed E-state index contributed by atoms with van der Waals surface area (Å²) in [5.74, 6) is 5.12. The number of anilines is 1. The van der Waals surface area contributed by atoms with E-state index in [1.165, 1.54) is 0 Å². The largest absolute Gasteiger partial charge is 0.395 e. The fourth-order valence-corrected chi connectivity index (χ4v) is 4.25. The van der Waals surface area contributed by atoms with Crippen molar-refractivity contribution in [2.24, 2.45) is 5.84 Å². The summed E-state index contributed by atoms with van der Waals surface area (Å²) < 4.78 is 25.2. The van der Waals surface area contributed by atoms with Gasteiger partial charge in [0.1, 0.15) is 4.21 Å². The summed E-state index contributed by atoms with van der Waals surface area (Å²) in [5.41, 5.74) is 1.71. The number of nitro groups is 1. The minimum absolute atomic E-state index is 0.0383. The lowest BCUT2D eigenvalue weighted by Crippen LogP contribution is -2.32. The van der Waals surface area contributed by atoms with Crippen molar-refractivity contribution in [1.82, 2.24) is 4.31 Å². The Labute approximate surface area is 113 Å². The van der Waals surface area contributed by atoms with Gasteiger partial charge in [-0.05, 0) is 0 Å². The van der Waals surface area contributed by atoms with Gasteiger partial charge in [-0.1, -0.05) is 18.3 Å². The number of aliphatic hydroxyl groups excluding tert-OH is 1. The van der Waals surface area contributed by atoms with Crippen molar-refractivity contribution in [3.63, 3.8) is 0 Å². The van der Waals surface area contributed by atoms with Gasteiger partial charge in [-0.15, -0.1) is 0 Å². The van der Waals surface area contributed by atoms with Crippen LogP contribution >= 0.6 is 11.3 Å². The molecule has 1 aromatic rings. The van der Waals surface area contributed by atoms with Crippen LogP contribution in [0, 0.1) is 10.1 Å². The highest BCUT2D eigenvalue weighted by Gasteiger charge is 2.29. The van der Waals surface area contributed by atoms with Crippen molar-refractivity contribution in [1.29, 1.82) is 0 Å². The van der Waals surface area contributed by atoms with Gasteiger partial charge in [0.15, 0.2) is 5.00 Å². The molecule has 0 fully saturated rings. The Morgan fingerprint density at radius 1 is 1.63 bits per heavy atom. The number of hydrazine groups is 1. The van der Waals surface area contributed by atoms with E-state index < -0.39 is 20.6 Å². The Kier molecular flexibility index (Phi) is 5.20. The second-order valence-corrected chi connectivity index (χ2v) is 6.62. The number of nitrogen functional groups attached to an aromatic ring is 1. The molecule has 108 valence electrons. The molecule has 0 bridgehead atoms. The third-order valence-electron chi connectivity index (χ3n) is 2.31. The topological polar surface area (TPSA) is 139 Å². The highest BCUT2D eigenvalue weighted by atomic mass is 32.2. The van der Waals surface area contributed by atoms with Crippen LogP contribution in [0.2, 0.25) is 0 Å². The summed E-state index contributed by atoms with van der Waals surface area (Å²) in [6.45, 7) is 1.36. The number of thiophene rings is 1. The van der Waals surface area contributed by atoms with Gasteiger partial charge in [0, 0.05) is 19.2 Å². The summed E-state index contributed by atoms with van der Waals surface area (Å²) in [6.07, 6.45) is 0. The Hall–Kier alpha value is -1.27. The average Bonchev–Trinajstić information content (AvgIpc) is 2.80. The Morgan fingerprint density at radius 2 is 2.26 bits per heavy atom. The van der Waals surface area contributed by atoms with Crippen molar-refractivity contribution in [2.75, 3.05) is 25.1 Å². The lowest BCUT2D eigenvalue weighted by Gasteiger charge is -2.17. The van der Waals surface area contributed by atoms with Crippen LogP contribution in [0.5, 0.6) is 0 Å². The normalized spacial score (nSPS) is 11.8. The highest BCUT2D eigenvalue weighted by Crippen LogP contribution is 2.37. The number of sulfonamides is 1. The van der Waals surface area contributed by atoms with Crippen molar-refractivity contribution in [2.45, 2.75) is 11.1 Å². The van der Waals surface area contributed by atoms with Crippen molar-refractivity contribution in [3.05, 3.63) is 16.2 Å². The number of nitrogens with two attached hydrogens (primary N) is 1. The maximum Gasteiger partial charge on any atom is 0.306 e. The van der Waals surface area contributed by atoms with Crippen molar-refractivity contribution >= 4 is 32.0 Å². The minimum atomic E-state index is -3.87. The molecule has 0 atom stereocenters. The second kappa shape index (κ2) is 6.25. The first kappa shape index (κ1) is 15.8. The second-order valence-electron chi connectivity index (χ2n) is 3.40. The van der Waals surface area contributed by atoms with E-state index in [-0.39, 0.29) is 28.9 Å². The first-order valence-corrected chi connectivity index (χ1v) is 7.50. The molecule has 0 aromatic carbocycles. The quantitative estimate of drug-likeness (QED) is 0.364. The van der Waals surface area contributed by atoms with Crippen LogP contribution in [0.4, 0.5) is 10.7 Å². The van der Waals surface area contributed by atoms with Gasteiger partial charge in [0.2, 0.25) is 0 Å². The third kappa shape index (κ3) is 3.19. The predicted molar refractivity (Wildman–Crippen MR) is 70.3 cm³/mol. The Bertz CT molecular complexity index is 555. The van der Waals surface area contributed by atoms with Gasteiger partial charge in [-0.2, -0.15) is 4.31 Å². The fraction of sp³-hybridized carbons (Fsp3) is 0.500. The van der Waals surface area contributed by atoms with Gasteiger partial charge in [0.05, 0.1) is 11.5 Å². The number of nitrogens with zero attached hydrogens (tertiary/aromatic N) is 2. The van der Waals surface area contributed by atoms with Crippen LogP contribution in [0.15, 0.2) is 10.3 Å². The van der Waals surface area contributed by atoms with E-state index in [0.29, 0.717) is 11.3 Å². The lowest BCUT2D eigenvalue weighted by molar-refractivity contribution is -0.383. The smallest absolute Gasteiger partial charge is 0.306 e. The van der Waals surface area contributed by atoms with Crippen LogP contribution in [-0.4, -0.2) is 42.4 Å². The number of rotatable bonds is 7. The minimum Gasteiger partial charge on any atom is -0.395 e. The van der Waals surface area contributed by atoms with Gasteiger partial charge in [-0.25, -0.2) is 14.3 Å². The van der Waals surface area contributed by atoms with Crippen LogP contribution in [0.25, 0.3) is 0 Å². The molecule has 0 saturated carbocycles. The van der Waals surface area contributed by atoms with Gasteiger partial charge >= 0.3 is 5.69 Å². The molecule has 9 nitrogen and oxygen atoms in total. The molecule has 0 unspecified atom stereocenters. The monoisotopic (exact) mass is 310 g/mol. The molecule has 1 heterocycles. The van der Waals surface area contributed by atoms with Gasteiger partial charge in [-0.3, -0.25) is 10.1 Å². The SMILES string of the molecule is CCN(CCO)S(=O)(=O)c1cc([N+](=O)[O-])c(NN)s1. The Balaban J connectivity index is 3.25. The van der Waals surface area contributed by atoms with Crippen LogP contribution < -0.4 is 11.3 Å². The number of hydrogen-bond acceptors (Lipinski definition) is 8. The van der Waals surface area contributed by atoms with Gasteiger partial charge < -0.3 is 10.5 Å². The van der Waals surface area contributed by atoms with E-state index in [1.807, 2.05) is 0 Å². The Morgan fingerprint density at radius 3 is 2.63 bits per heavy atom. The number of aliphatic hydroxyl groups is 1. The van der Waals surface area contributed by atoms with Crippen LogP contribution in [0.1, 0.15) is 6.92 Å². The predicted octanol–water partition coefficient (Wildman–Crippen LogP) is -0.0552. The summed E-state index contributed by atoms with van der Waals surface area (Å²) in [4.78, 5) is 10.0. The molecule has 0 aliphatic heterocycles. The molecule has 1 aromatic heterocycles. The molecule has 11 heteroatoms.